The van der Waals surface area contributed by atoms with Gasteiger partial charge in [0, 0.05) is 25.4 Å². The Bertz CT molecular complexity index is 743. The maximum Gasteiger partial charge on any atom is 0.412 e. The van der Waals surface area contributed by atoms with Crippen molar-refractivity contribution in [2.24, 2.45) is 5.73 Å². The van der Waals surface area contributed by atoms with Crippen molar-refractivity contribution in [2.75, 3.05) is 13.1 Å². The number of hydrogen-bond donors (Lipinski definition) is 2. The molecule has 2 aromatic rings. The highest BCUT2D eigenvalue weighted by atomic mass is 16.6. The monoisotopic (exact) mass is 342 g/mol. The number of ether oxygens (including phenoxy) is 1. The van der Waals surface area contributed by atoms with Crippen LogP contribution in [-0.2, 0) is 4.79 Å². The van der Waals surface area contributed by atoms with E-state index in [1.807, 2.05) is 37.3 Å². The fraction of sp³-hybridized carbons (Fsp3) is 0.400. The van der Waals surface area contributed by atoms with E-state index in [1.54, 1.807) is 6.07 Å². The van der Waals surface area contributed by atoms with Gasteiger partial charge < -0.3 is 15.8 Å². The first-order valence-electron chi connectivity index (χ1n) is 8.77. The van der Waals surface area contributed by atoms with E-state index in [0.29, 0.717) is 25.3 Å². The van der Waals surface area contributed by atoms with Gasteiger partial charge in [0.1, 0.15) is 11.5 Å². The highest BCUT2D eigenvalue weighted by molar-refractivity contribution is 5.89. The van der Waals surface area contributed by atoms with E-state index in [4.69, 9.17) is 10.5 Å². The van der Waals surface area contributed by atoms with Crippen LogP contribution in [0.25, 0.3) is 10.8 Å². The lowest BCUT2D eigenvalue weighted by molar-refractivity contribution is -0.120. The first-order chi connectivity index (χ1) is 12.0. The SMILES string of the molecule is CCCCC(=O)[C@H](C)c1ccc2cc(OC(=O)NCCN)ccc2c1. The third-order valence-corrected chi connectivity index (χ3v) is 4.22. The Balaban J connectivity index is 2.12. The first kappa shape index (κ1) is 18.9. The molecule has 25 heavy (non-hydrogen) atoms. The number of nitrogens with two attached hydrogens (primary N) is 1. The summed E-state index contributed by atoms with van der Waals surface area (Å²) < 4.78 is 5.23. The molecule has 5 heteroatoms. The van der Waals surface area contributed by atoms with Gasteiger partial charge in [-0.2, -0.15) is 0 Å². The van der Waals surface area contributed by atoms with E-state index >= 15 is 0 Å². The summed E-state index contributed by atoms with van der Waals surface area (Å²) >= 11 is 0. The fourth-order valence-electron chi connectivity index (χ4n) is 2.65. The molecule has 0 aliphatic rings. The van der Waals surface area contributed by atoms with E-state index in [-0.39, 0.29) is 11.7 Å². The molecule has 3 N–H and O–H groups in total. The van der Waals surface area contributed by atoms with Crippen LogP contribution in [0.4, 0.5) is 4.79 Å². The van der Waals surface area contributed by atoms with Gasteiger partial charge in [-0.05, 0) is 34.9 Å². The second kappa shape index (κ2) is 9.18. The Morgan fingerprint density at radius 1 is 1.16 bits per heavy atom. The van der Waals surface area contributed by atoms with E-state index in [2.05, 4.69) is 12.2 Å². The van der Waals surface area contributed by atoms with Crippen molar-refractivity contribution in [3.8, 4) is 5.75 Å². The normalized spacial score (nSPS) is 12.0. The molecule has 0 aliphatic heterocycles. The Morgan fingerprint density at radius 3 is 2.60 bits per heavy atom. The molecule has 0 unspecified atom stereocenters. The van der Waals surface area contributed by atoms with Gasteiger partial charge in [-0.25, -0.2) is 4.79 Å². The van der Waals surface area contributed by atoms with Gasteiger partial charge >= 0.3 is 6.09 Å². The van der Waals surface area contributed by atoms with Crippen LogP contribution in [0, 0.1) is 0 Å². The fourth-order valence-corrected chi connectivity index (χ4v) is 2.65. The molecule has 0 spiro atoms. The van der Waals surface area contributed by atoms with Gasteiger partial charge in [0.15, 0.2) is 0 Å². The lowest BCUT2D eigenvalue weighted by Crippen LogP contribution is -2.31. The largest absolute Gasteiger partial charge is 0.412 e. The quantitative estimate of drug-likeness (QED) is 0.765. The molecule has 0 saturated heterocycles. The van der Waals surface area contributed by atoms with Crippen LogP contribution >= 0.6 is 0 Å². The predicted octanol–water partition coefficient (Wildman–Crippen LogP) is 3.75. The molecule has 1 amide bonds. The van der Waals surface area contributed by atoms with Gasteiger partial charge in [-0.3, -0.25) is 4.79 Å². The van der Waals surface area contributed by atoms with Gasteiger partial charge in [-0.15, -0.1) is 0 Å². The molecular formula is C20H26N2O3. The zero-order valence-corrected chi connectivity index (χ0v) is 14.9. The van der Waals surface area contributed by atoms with E-state index < -0.39 is 6.09 Å². The first-order valence-corrected chi connectivity index (χ1v) is 8.77. The van der Waals surface area contributed by atoms with Crippen molar-refractivity contribution in [3.05, 3.63) is 42.0 Å². The second-order valence-corrected chi connectivity index (χ2v) is 6.16. The minimum Gasteiger partial charge on any atom is -0.410 e. The summed E-state index contributed by atoms with van der Waals surface area (Å²) in [5, 5.41) is 4.53. The molecule has 0 fully saturated rings. The van der Waals surface area contributed by atoms with Crippen molar-refractivity contribution in [2.45, 2.75) is 39.0 Å². The zero-order valence-electron chi connectivity index (χ0n) is 14.9. The number of carbonyl (C=O) groups is 2. The lowest BCUT2D eigenvalue weighted by Gasteiger charge is -2.12. The predicted molar refractivity (Wildman–Crippen MR) is 100.0 cm³/mol. The summed E-state index contributed by atoms with van der Waals surface area (Å²) in [6, 6.07) is 11.4. The number of Topliss-reactive ketones (excluding diaryl/α,β-unsaturated/α-hetero) is 1. The summed E-state index contributed by atoms with van der Waals surface area (Å²) in [5.41, 5.74) is 6.35. The van der Waals surface area contributed by atoms with Crippen LogP contribution in [-0.4, -0.2) is 25.0 Å². The van der Waals surface area contributed by atoms with Crippen LogP contribution in [0.2, 0.25) is 0 Å². The van der Waals surface area contributed by atoms with Crippen LogP contribution in [0.1, 0.15) is 44.6 Å². The van der Waals surface area contributed by atoms with Crippen LogP contribution in [0.3, 0.4) is 0 Å². The van der Waals surface area contributed by atoms with Crippen LogP contribution < -0.4 is 15.8 Å². The number of ketones is 1. The van der Waals surface area contributed by atoms with Gasteiger partial charge in [0.25, 0.3) is 0 Å². The third-order valence-electron chi connectivity index (χ3n) is 4.22. The average molecular weight is 342 g/mol. The van der Waals surface area contributed by atoms with Gasteiger partial charge in [0.05, 0.1) is 0 Å². The highest BCUT2D eigenvalue weighted by Gasteiger charge is 2.15. The van der Waals surface area contributed by atoms with Crippen molar-refractivity contribution in [3.63, 3.8) is 0 Å². The Labute approximate surface area is 148 Å². The van der Waals surface area contributed by atoms with Crippen LogP contribution in [0.15, 0.2) is 36.4 Å². The van der Waals surface area contributed by atoms with Gasteiger partial charge in [-0.1, -0.05) is 44.5 Å². The maximum atomic E-state index is 12.2. The number of unbranched alkanes of at least 4 members (excludes halogenated alkanes) is 1. The molecule has 0 bridgehead atoms. The molecule has 0 heterocycles. The number of rotatable bonds is 8. The molecule has 2 rings (SSSR count). The van der Waals surface area contributed by atoms with Crippen molar-refractivity contribution in [1.29, 1.82) is 0 Å². The molecule has 0 aromatic heterocycles. The Morgan fingerprint density at radius 2 is 1.88 bits per heavy atom. The number of fused-ring (bicyclic) bond motifs is 1. The minimum absolute atomic E-state index is 0.103. The lowest BCUT2D eigenvalue weighted by atomic mass is 9.92. The van der Waals surface area contributed by atoms with Crippen molar-refractivity contribution >= 4 is 22.6 Å². The molecular weight excluding hydrogens is 316 g/mol. The second-order valence-electron chi connectivity index (χ2n) is 6.16. The smallest absolute Gasteiger partial charge is 0.410 e. The van der Waals surface area contributed by atoms with Gasteiger partial charge in [0.2, 0.25) is 0 Å². The third kappa shape index (κ3) is 5.29. The number of nitrogens with one attached hydrogen (secondary N) is 1. The standard InChI is InChI=1S/C20H26N2O3/c1-3-4-5-19(23)14(2)15-6-7-17-13-18(9-8-16(17)12-15)25-20(24)22-11-10-21/h6-9,12-14H,3-5,10-11,21H2,1-2H3,(H,22,24)/t14-/m1/s1. The summed E-state index contributed by atoms with van der Waals surface area (Å²) in [5.74, 6) is 0.647. The van der Waals surface area contributed by atoms with Crippen molar-refractivity contribution < 1.29 is 14.3 Å². The number of carbonyl (C=O) groups excluding carboxylic acids is 2. The molecule has 1 atom stereocenters. The Hall–Kier alpha value is -2.40. The summed E-state index contributed by atoms with van der Waals surface area (Å²) in [6.07, 6.45) is 2.07. The van der Waals surface area contributed by atoms with E-state index in [9.17, 15) is 9.59 Å². The molecule has 5 nitrogen and oxygen atoms in total. The average Bonchev–Trinajstić information content (AvgIpc) is 2.63. The molecule has 0 aliphatic carbocycles. The molecule has 2 aromatic carbocycles. The summed E-state index contributed by atoms with van der Waals surface area (Å²) in [4.78, 5) is 23.8. The maximum absolute atomic E-state index is 12.2. The number of benzene rings is 2. The number of amides is 1. The van der Waals surface area contributed by atoms with Crippen LogP contribution in [0.5, 0.6) is 5.75 Å². The van der Waals surface area contributed by atoms with E-state index in [0.717, 1.165) is 29.2 Å². The molecule has 0 saturated carbocycles. The molecule has 0 radical (unpaired) electrons. The van der Waals surface area contributed by atoms with E-state index in [1.165, 1.54) is 0 Å². The minimum atomic E-state index is -0.517. The number of hydrogen-bond acceptors (Lipinski definition) is 4. The van der Waals surface area contributed by atoms with Crippen molar-refractivity contribution in [1.82, 2.24) is 5.32 Å². The summed E-state index contributed by atoms with van der Waals surface area (Å²) in [6.45, 7) is 4.78. The topological polar surface area (TPSA) is 81.4 Å². The zero-order chi connectivity index (χ0) is 18.2. The Kier molecular flexibility index (Phi) is 6.95. The summed E-state index contributed by atoms with van der Waals surface area (Å²) in [7, 11) is 0. The molecule has 134 valence electrons. The highest BCUT2D eigenvalue weighted by Crippen LogP contribution is 2.26.